The molecular formula is C16H23N3O2. The molecule has 0 unspecified atom stereocenters. The Labute approximate surface area is 125 Å². The molecule has 5 heteroatoms. The summed E-state index contributed by atoms with van der Waals surface area (Å²) in [5, 5.41) is 3.49. The minimum Gasteiger partial charge on any atom is -0.444 e. The van der Waals surface area contributed by atoms with Gasteiger partial charge in [0.1, 0.15) is 5.60 Å². The molecule has 0 atom stereocenters. The number of hydrogen-bond acceptors (Lipinski definition) is 4. The second-order valence-corrected chi connectivity index (χ2v) is 7.33. The number of anilines is 1. The molecule has 0 radical (unpaired) electrons. The van der Waals surface area contributed by atoms with Gasteiger partial charge in [0.25, 0.3) is 0 Å². The summed E-state index contributed by atoms with van der Waals surface area (Å²) < 4.78 is 5.39. The standard InChI is InChI=1S/C16H23N3O2/c1-15(2,3)21-14(20)19-10-16(11-19)7-13(8-16)18-12-5-4-6-17-9-12/h4-6,9,13,18H,7-8,10-11H2,1-3H3. The molecule has 21 heavy (non-hydrogen) atoms. The summed E-state index contributed by atoms with van der Waals surface area (Å²) in [6, 6.07) is 4.46. The highest BCUT2D eigenvalue weighted by molar-refractivity contribution is 5.69. The number of amides is 1. The molecular weight excluding hydrogens is 266 g/mol. The molecule has 1 N–H and O–H groups in total. The van der Waals surface area contributed by atoms with E-state index in [4.69, 9.17) is 4.74 Å². The van der Waals surface area contributed by atoms with Crippen LogP contribution < -0.4 is 5.32 Å². The fraction of sp³-hybridized carbons (Fsp3) is 0.625. The zero-order chi connectivity index (χ0) is 15.1. The van der Waals surface area contributed by atoms with E-state index in [1.807, 2.05) is 44.0 Å². The van der Waals surface area contributed by atoms with Crippen LogP contribution in [0.1, 0.15) is 33.6 Å². The summed E-state index contributed by atoms with van der Waals surface area (Å²) in [6.07, 6.45) is 5.66. The summed E-state index contributed by atoms with van der Waals surface area (Å²) in [5.41, 5.74) is 0.973. The minimum atomic E-state index is -0.413. The second kappa shape index (κ2) is 4.90. The smallest absolute Gasteiger partial charge is 0.410 e. The number of nitrogens with zero attached hydrogens (tertiary/aromatic N) is 2. The van der Waals surface area contributed by atoms with E-state index in [1.54, 1.807) is 6.20 Å². The van der Waals surface area contributed by atoms with E-state index in [0.29, 0.717) is 11.5 Å². The van der Waals surface area contributed by atoms with Crippen molar-refractivity contribution in [3.63, 3.8) is 0 Å². The molecule has 1 spiro atoms. The number of ether oxygens (including phenoxy) is 1. The van der Waals surface area contributed by atoms with Gasteiger partial charge in [-0.15, -0.1) is 0 Å². The molecule has 1 aromatic heterocycles. The number of pyridine rings is 1. The minimum absolute atomic E-state index is 0.184. The first-order valence-electron chi connectivity index (χ1n) is 7.50. The molecule has 5 nitrogen and oxygen atoms in total. The van der Waals surface area contributed by atoms with E-state index in [9.17, 15) is 4.79 Å². The van der Waals surface area contributed by atoms with Crippen LogP contribution >= 0.6 is 0 Å². The Bertz CT molecular complexity index is 510. The molecule has 2 aliphatic rings. The quantitative estimate of drug-likeness (QED) is 0.909. The van der Waals surface area contributed by atoms with E-state index >= 15 is 0 Å². The van der Waals surface area contributed by atoms with E-state index in [-0.39, 0.29) is 6.09 Å². The van der Waals surface area contributed by atoms with Crippen molar-refractivity contribution in [2.45, 2.75) is 45.3 Å². The van der Waals surface area contributed by atoms with E-state index in [2.05, 4.69) is 10.3 Å². The largest absolute Gasteiger partial charge is 0.444 e. The summed E-state index contributed by atoms with van der Waals surface area (Å²) in [4.78, 5) is 17.8. The van der Waals surface area contributed by atoms with Crippen LogP contribution in [0.5, 0.6) is 0 Å². The maximum absolute atomic E-state index is 11.9. The lowest BCUT2D eigenvalue weighted by Gasteiger charge is -2.58. The third kappa shape index (κ3) is 3.12. The SMILES string of the molecule is CC(C)(C)OC(=O)N1CC2(CC(Nc3cccnc3)C2)C1. The summed E-state index contributed by atoms with van der Waals surface area (Å²) in [5.74, 6) is 0. The highest BCUT2D eigenvalue weighted by Gasteiger charge is 2.54. The number of aromatic nitrogens is 1. The third-order valence-electron chi connectivity index (χ3n) is 4.10. The molecule has 1 aliphatic heterocycles. The number of rotatable bonds is 2. The van der Waals surface area contributed by atoms with E-state index in [0.717, 1.165) is 31.6 Å². The van der Waals surface area contributed by atoms with Crippen molar-refractivity contribution in [2.24, 2.45) is 5.41 Å². The zero-order valence-electron chi connectivity index (χ0n) is 12.9. The van der Waals surface area contributed by atoms with Crippen LogP contribution in [0.3, 0.4) is 0 Å². The lowest BCUT2D eigenvalue weighted by atomic mass is 9.61. The first-order valence-corrected chi connectivity index (χ1v) is 7.50. The van der Waals surface area contributed by atoms with Crippen molar-refractivity contribution in [3.05, 3.63) is 24.5 Å². The Balaban J connectivity index is 1.43. The normalized spacial score (nSPS) is 20.6. The van der Waals surface area contributed by atoms with Gasteiger partial charge in [0, 0.05) is 36.9 Å². The fourth-order valence-corrected chi connectivity index (χ4v) is 3.25. The average molecular weight is 289 g/mol. The van der Waals surface area contributed by atoms with Crippen molar-refractivity contribution in [1.82, 2.24) is 9.88 Å². The lowest BCUT2D eigenvalue weighted by molar-refractivity contribution is -0.0738. The Kier molecular flexibility index (Phi) is 3.30. The summed E-state index contributed by atoms with van der Waals surface area (Å²) >= 11 is 0. The average Bonchev–Trinajstić information content (AvgIpc) is 2.29. The Morgan fingerprint density at radius 1 is 1.43 bits per heavy atom. The van der Waals surface area contributed by atoms with Gasteiger partial charge in [-0.1, -0.05) is 0 Å². The van der Waals surface area contributed by atoms with Crippen LogP contribution in [0.25, 0.3) is 0 Å². The van der Waals surface area contributed by atoms with Crippen LogP contribution in [0.15, 0.2) is 24.5 Å². The molecule has 1 saturated heterocycles. The van der Waals surface area contributed by atoms with Crippen molar-refractivity contribution in [2.75, 3.05) is 18.4 Å². The van der Waals surface area contributed by atoms with E-state index < -0.39 is 5.60 Å². The highest BCUT2D eigenvalue weighted by Crippen LogP contribution is 2.49. The maximum Gasteiger partial charge on any atom is 0.410 e. The first-order chi connectivity index (χ1) is 9.85. The van der Waals surface area contributed by atoms with Crippen molar-refractivity contribution >= 4 is 11.8 Å². The van der Waals surface area contributed by atoms with Gasteiger partial charge < -0.3 is 15.0 Å². The lowest BCUT2D eigenvalue weighted by Crippen LogP contribution is -2.66. The monoisotopic (exact) mass is 289 g/mol. The van der Waals surface area contributed by atoms with Crippen LogP contribution in [-0.2, 0) is 4.74 Å². The molecule has 1 aliphatic carbocycles. The topological polar surface area (TPSA) is 54.5 Å². The van der Waals surface area contributed by atoms with Crippen LogP contribution in [0, 0.1) is 5.41 Å². The predicted octanol–water partition coefficient (Wildman–Crippen LogP) is 2.89. The number of likely N-dealkylation sites (tertiary alicyclic amines) is 1. The van der Waals surface area contributed by atoms with Gasteiger partial charge in [-0.05, 0) is 45.7 Å². The summed E-state index contributed by atoms with van der Waals surface area (Å²) in [7, 11) is 0. The molecule has 2 heterocycles. The van der Waals surface area contributed by atoms with Gasteiger partial charge in [-0.3, -0.25) is 4.98 Å². The number of carbonyl (C=O) groups excluding carboxylic acids is 1. The van der Waals surface area contributed by atoms with Gasteiger partial charge in [0.05, 0.1) is 5.69 Å². The molecule has 2 fully saturated rings. The predicted molar refractivity (Wildman–Crippen MR) is 81.1 cm³/mol. The van der Waals surface area contributed by atoms with Crippen molar-refractivity contribution < 1.29 is 9.53 Å². The Morgan fingerprint density at radius 2 is 2.14 bits per heavy atom. The van der Waals surface area contributed by atoms with Gasteiger partial charge in [0.2, 0.25) is 0 Å². The second-order valence-electron chi connectivity index (χ2n) is 7.33. The Morgan fingerprint density at radius 3 is 2.71 bits per heavy atom. The number of hydrogen-bond donors (Lipinski definition) is 1. The van der Waals surface area contributed by atoms with Crippen LogP contribution in [-0.4, -0.2) is 40.7 Å². The zero-order valence-corrected chi connectivity index (χ0v) is 12.9. The molecule has 114 valence electrons. The van der Waals surface area contributed by atoms with Crippen LogP contribution in [0.4, 0.5) is 10.5 Å². The van der Waals surface area contributed by atoms with Gasteiger partial charge >= 0.3 is 6.09 Å². The molecule has 0 aromatic carbocycles. The summed E-state index contributed by atoms with van der Waals surface area (Å²) in [6.45, 7) is 7.35. The van der Waals surface area contributed by atoms with Gasteiger partial charge in [0.15, 0.2) is 0 Å². The van der Waals surface area contributed by atoms with Gasteiger partial charge in [-0.2, -0.15) is 0 Å². The highest BCUT2D eigenvalue weighted by atomic mass is 16.6. The molecule has 0 bridgehead atoms. The van der Waals surface area contributed by atoms with Crippen molar-refractivity contribution in [1.29, 1.82) is 0 Å². The number of nitrogens with one attached hydrogen (secondary N) is 1. The molecule has 1 aromatic rings. The maximum atomic E-state index is 11.9. The van der Waals surface area contributed by atoms with Crippen molar-refractivity contribution in [3.8, 4) is 0 Å². The molecule has 1 amide bonds. The first kappa shape index (κ1) is 14.2. The fourth-order valence-electron chi connectivity index (χ4n) is 3.25. The Hall–Kier alpha value is -1.78. The van der Waals surface area contributed by atoms with E-state index in [1.165, 1.54) is 0 Å². The number of carbonyl (C=O) groups is 1. The van der Waals surface area contributed by atoms with Gasteiger partial charge in [-0.25, -0.2) is 4.79 Å². The molecule has 1 saturated carbocycles. The van der Waals surface area contributed by atoms with Crippen LogP contribution in [0.2, 0.25) is 0 Å². The molecule has 3 rings (SSSR count). The third-order valence-corrected chi connectivity index (χ3v) is 4.10.